The molecule has 0 aliphatic rings. The highest BCUT2D eigenvalue weighted by Crippen LogP contribution is 2.24. The Labute approximate surface area is 297 Å². The lowest BCUT2D eigenvalue weighted by molar-refractivity contribution is -0.0106. The Hall–Kier alpha value is 0.270. The molecule has 0 amide bonds. The lowest BCUT2D eigenvalue weighted by Crippen LogP contribution is -2.23. The highest BCUT2D eigenvalue weighted by molar-refractivity contribution is 7.80. The molecule has 7 atom stereocenters. The van der Waals surface area contributed by atoms with Crippen LogP contribution >= 0.6 is 12.6 Å². The first-order valence-corrected chi connectivity index (χ1v) is 21.4. The van der Waals surface area contributed by atoms with Gasteiger partial charge in [0.05, 0.1) is 12.7 Å². The molecule has 0 aromatic rings. The highest BCUT2D eigenvalue weighted by Gasteiger charge is 2.12. The maximum absolute atomic E-state index is 6.18. The second-order valence-electron chi connectivity index (χ2n) is 17.3. The molecule has 0 aliphatic heterocycles. The molecular weight excluding hydrogens is 581 g/mol. The minimum absolute atomic E-state index is 0.123. The van der Waals surface area contributed by atoms with Crippen molar-refractivity contribution in [2.24, 2.45) is 47.3 Å². The zero-order valence-corrected chi connectivity index (χ0v) is 34.3. The zero-order valence-electron chi connectivity index (χ0n) is 33.4. The third-order valence-corrected chi connectivity index (χ3v) is 11.2. The fraction of sp³-hybridized carbons (Fsp3) is 1.00. The summed E-state index contributed by atoms with van der Waals surface area (Å²) in [5.41, 5.74) is 0. The first-order chi connectivity index (χ1) is 21.9. The van der Waals surface area contributed by atoms with Crippen molar-refractivity contribution < 1.29 is 9.47 Å². The quantitative estimate of drug-likeness (QED) is 0.0543. The third kappa shape index (κ3) is 31.5. The predicted molar refractivity (Wildman–Crippen MR) is 211 cm³/mol. The summed E-state index contributed by atoms with van der Waals surface area (Å²) in [6.45, 7) is 26.4. The molecule has 0 aromatic heterocycles. The van der Waals surface area contributed by atoms with Gasteiger partial charge in [0.25, 0.3) is 0 Å². The van der Waals surface area contributed by atoms with Gasteiger partial charge in [-0.3, -0.25) is 0 Å². The van der Waals surface area contributed by atoms with Gasteiger partial charge < -0.3 is 9.47 Å². The maximum atomic E-state index is 6.18. The van der Waals surface area contributed by atoms with Gasteiger partial charge in [-0.05, 0) is 60.2 Å². The number of ether oxygens (including phenoxy) is 2. The molecule has 46 heavy (non-hydrogen) atoms. The van der Waals surface area contributed by atoms with Crippen LogP contribution in [0.1, 0.15) is 198 Å². The molecule has 0 bridgehead atoms. The molecule has 0 radical (unpaired) electrons. The topological polar surface area (TPSA) is 18.5 Å². The molecule has 0 saturated carbocycles. The smallest absolute Gasteiger partial charge is 0.0896 e. The SMILES string of the molecule is CC(C)CCCC(C)CCCC(C)CCCC(C)CCOCC(CS)OCCC(C)CCCC(C)CCCC(C)CCCC(C)C. The summed E-state index contributed by atoms with van der Waals surface area (Å²) < 4.78 is 12.2. The molecule has 3 heteroatoms. The van der Waals surface area contributed by atoms with Crippen LogP contribution < -0.4 is 0 Å². The van der Waals surface area contributed by atoms with Crippen molar-refractivity contribution in [3.05, 3.63) is 0 Å². The van der Waals surface area contributed by atoms with E-state index in [2.05, 4.69) is 81.9 Å². The summed E-state index contributed by atoms with van der Waals surface area (Å²) >= 11 is 4.54. The van der Waals surface area contributed by atoms with E-state index < -0.39 is 0 Å². The van der Waals surface area contributed by atoms with Crippen molar-refractivity contribution in [1.29, 1.82) is 0 Å². The van der Waals surface area contributed by atoms with Gasteiger partial charge in [0, 0.05) is 19.0 Å². The van der Waals surface area contributed by atoms with Crippen LogP contribution in [0.3, 0.4) is 0 Å². The Bertz CT molecular complexity index is 622. The normalized spacial score (nSPS) is 16.9. The highest BCUT2D eigenvalue weighted by atomic mass is 32.1. The maximum Gasteiger partial charge on any atom is 0.0896 e. The van der Waals surface area contributed by atoms with Crippen LogP contribution in [0, 0.1) is 47.3 Å². The molecule has 0 rings (SSSR count). The average Bonchev–Trinajstić information content (AvgIpc) is 2.98. The first kappa shape index (κ1) is 46.3. The molecule has 0 heterocycles. The number of hydrogen-bond donors (Lipinski definition) is 1. The van der Waals surface area contributed by atoms with E-state index in [9.17, 15) is 0 Å². The molecule has 0 aliphatic carbocycles. The summed E-state index contributed by atoms with van der Waals surface area (Å²) in [5, 5.41) is 0. The van der Waals surface area contributed by atoms with E-state index in [4.69, 9.17) is 9.47 Å². The van der Waals surface area contributed by atoms with Crippen molar-refractivity contribution in [1.82, 2.24) is 0 Å². The van der Waals surface area contributed by atoms with Gasteiger partial charge in [0.15, 0.2) is 0 Å². The molecule has 0 aromatic carbocycles. The van der Waals surface area contributed by atoms with Gasteiger partial charge in [-0.25, -0.2) is 0 Å². The molecule has 0 N–H and O–H groups in total. The van der Waals surface area contributed by atoms with Crippen LogP contribution in [0.4, 0.5) is 0 Å². The Balaban J connectivity index is 3.77. The lowest BCUT2D eigenvalue weighted by atomic mass is 9.91. The van der Waals surface area contributed by atoms with E-state index >= 15 is 0 Å². The minimum atomic E-state index is 0.123. The predicted octanol–water partition coefficient (Wildman–Crippen LogP) is 14.2. The molecular formula is C43H88O2S. The van der Waals surface area contributed by atoms with Crippen molar-refractivity contribution in [2.45, 2.75) is 204 Å². The van der Waals surface area contributed by atoms with Crippen molar-refractivity contribution in [2.75, 3.05) is 25.6 Å². The van der Waals surface area contributed by atoms with Crippen molar-refractivity contribution >= 4 is 12.6 Å². The van der Waals surface area contributed by atoms with Gasteiger partial charge >= 0.3 is 0 Å². The molecule has 278 valence electrons. The van der Waals surface area contributed by atoms with E-state index in [0.717, 1.165) is 79.2 Å². The zero-order chi connectivity index (χ0) is 34.6. The number of thiol groups is 1. The van der Waals surface area contributed by atoms with Gasteiger partial charge in [0.1, 0.15) is 0 Å². The minimum Gasteiger partial charge on any atom is -0.379 e. The Kier molecular flexibility index (Phi) is 31.4. The molecule has 0 saturated heterocycles. The van der Waals surface area contributed by atoms with E-state index in [1.165, 1.54) is 116 Å². The van der Waals surface area contributed by atoms with Gasteiger partial charge in [-0.15, -0.1) is 0 Å². The standard InChI is InChI=1S/C43H88O2S/c1-35(2)17-11-19-37(5)21-13-23-39(7)25-15-27-41(9)29-31-44-33-43(34-46)45-32-30-42(10)28-16-26-40(8)24-14-22-38(6)20-12-18-36(3)4/h35-43,46H,11-34H2,1-10H3. The van der Waals surface area contributed by atoms with E-state index in [-0.39, 0.29) is 6.10 Å². The van der Waals surface area contributed by atoms with Gasteiger partial charge in [-0.1, -0.05) is 185 Å². The molecule has 0 spiro atoms. The summed E-state index contributed by atoms with van der Waals surface area (Å²) in [6, 6.07) is 0. The molecule has 0 fully saturated rings. The van der Waals surface area contributed by atoms with Crippen LogP contribution in [0.15, 0.2) is 0 Å². The second-order valence-corrected chi connectivity index (χ2v) is 17.7. The van der Waals surface area contributed by atoms with E-state index in [0.29, 0.717) is 6.61 Å². The number of rotatable bonds is 34. The molecule has 2 nitrogen and oxygen atoms in total. The first-order valence-electron chi connectivity index (χ1n) is 20.7. The fourth-order valence-electron chi connectivity index (χ4n) is 6.96. The van der Waals surface area contributed by atoms with Crippen LogP contribution in [-0.4, -0.2) is 31.7 Å². The molecule has 7 unspecified atom stereocenters. The van der Waals surface area contributed by atoms with Crippen LogP contribution in [-0.2, 0) is 9.47 Å². The average molecular weight is 669 g/mol. The Morgan fingerprint density at radius 2 is 0.652 bits per heavy atom. The fourth-order valence-corrected chi connectivity index (χ4v) is 7.17. The van der Waals surface area contributed by atoms with Crippen molar-refractivity contribution in [3.8, 4) is 0 Å². The van der Waals surface area contributed by atoms with Crippen LogP contribution in [0.25, 0.3) is 0 Å². The Morgan fingerprint density at radius 3 is 0.957 bits per heavy atom. The summed E-state index contributed by atoms with van der Waals surface area (Å²) in [6.07, 6.45) is 27.5. The third-order valence-electron chi connectivity index (χ3n) is 10.8. The lowest BCUT2D eigenvalue weighted by Gasteiger charge is -2.19. The van der Waals surface area contributed by atoms with E-state index in [1.54, 1.807) is 0 Å². The summed E-state index contributed by atoms with van der Waals surface area (Å²) in [7, 11) is 0. The largest absolute Gasteiger partial charge is 0.379 e. The van der Waals surface area contributed by atoms with Gasteiger partial charge in [0.2, 0.25) is 0 Å². The Morgan fingerprint density at radius 1 is 0.370 bits per heavy atom. The van der Waals surface area contributed by atoms with Crippen LogP contribution in [0.5, 0.6) is 0 Å². The monoisotopic (exact) mass is 669 g/mol. The summed E-state index contributed by atoms with van der Waals surface area (Å²) in [4.78, 5) is 0. The van der Waals surface area contributed by atoms with Gasteiger partial charge in [-0.2, -0.15) is 12.6 Å². The van der Waals surface area contributed by atoms with E-state index in [1.807, 2.05) is 0 Å². The number of hydrogen-bond acceptors (Lipinski definition) is 3. The second kappa shape index (κ2) is 31.3. The van der Waals surface area contributed by atoms with Crippen LogP contribution in [0.2, 0.25) is 0 Å². The van der Waals surface area contributed by atoms with Crippen molar-refractivity contribution in [3.63, 3.8) is 0 Å². The summed E-state index contributed by atoms with van der Waals surface area (Å²) in [5.74, 6) is 7.50.